The Kier molecular flexibility index (Phi) is 5.35. The molecule has 2 fully saturated rings. The molecule has 0 spiro atoms. The largest absolute Gasteiger partial charge is 0.496 e. The highest BCUT2D eigenvalue weighted by molar-refractivity contribution is 8.16. The van der Waals surface area contributed by atoms with Crippen LogP contribution >= 0.6 is 11.8 Å². The molecule has 152 valence electrons. The molecule has 2 unspecified atom stereocenters. The monoisotopic (exact) mass is 434 g/mol. The quantitative estimate of drug-likeness (QED) is 0.737. The van der Waals surface area contributed by atoms with Gasteiger partial charge in [0.05, 0.1) is 36.8 Å². The number of rotatable bonds is 4. The van der Waals surface area contributed by atoms with Gasteiger partial charge in [0, 0.05) is 10.8 Å². The van der Waals surface area contributed by atoms with Gasteiger partial charge in [-0.3, -0.25) is 4.79 Å². The molecule has 6 nitrogen and oxygen atoms in total. The lowest BCUT2D eigenvalue weighted by atomic mass is 10.1. The summed E-state index contributed by atoms with van der Waals surface area (Å²) in [4.78, 5) is 18.4. The van der Waals surface area contributed by atoms with Crippen molar-refractivity contribution in [3.63, 3.8) is 0 Å². The van der Waals surface area contributed by atoms with Gasteiger partial charge in [-0.25, -0.2) is 12.8 Å². The molecular weight excluding hydrogens is 415 g/mol. The zero-order valence-electron chi connectivity index (χ0n) is 15.6. The maximum atomic E-state index is 14.5. The number of ether oxygens (including phenoxy) is 1. The number of fused-ring (bicyclic) bond motifs is 1. The number of anilines is 1. The number of methoxy groups -OCH3 is 1. The molecular formula is C20H19FN2O4S2. The van der Waals surface area contributed by atoms with E-state index in [2.05, 4.69) is 4.99 Å². The van der Waals surface area contributed by atoms with E-state index in [-0.39, 0.29) is 28.9 Å². The fourth-order valence-corrected chi connectivity index (χ4v) is 7.58. The number of carbonyl (C=O) groups excluding carboxylic acids is 1. The summed E-state index contributed by atoms with van der Waals surface area (Å²) in [7, 11) is -1.68. The molecule has 2 saturated heterocycles. The summed E-state index contributed by atoms with van der Waals surface area (Å²) in [6, 6.07) is 12.9. The third-order valence-corrected chi connectivity index (χ3v) is 8.14. The molecule has 2 heterocycles. The maximum Gasteiger partial charge on any atom is 0.252 e. The van der Waals surface area contributed by atoms with E-state index in [0.29, 0.717) is 16.5 Å². The summed E-state index contributed by atoms with van der Waals surface area (Å²) in [6.07, 6.45) is 0.0345. The van der Waals surface area contributed by atoms with Crippen molar-refractivity contribution < 1.29 is 22.3 Å². The Labute approximate surface area is 172 Å². The van der Waals surface area contributed by atoms with E-state index >= 15 is 0 Å². The molecule has 2 aromatic rings. The molecule has 0 radical (unpaired) electrons. The first-order valence-electron chi connectivity index (χ1n) is 9.02. The van der Waals surface area contributed by atoms with E-state index in [9.17, 15) is 17.6 Å². The van der Waals surface area contributed by atoms with E-state index in [0.717, 1.165) is 0 Å². The van der Waals surface area contributed by atoms with Gasteiger partial charge in [0.25, 0.3) is 5.91 Å². The topological polar surface area (TPSA) is 76.0 Å². The number of carbonyl (C=O) groups is 1. The molecule has 0 aliphatic carbocycles. The number of amides is 1. The highest BCUT2D eigenvalue weighted by atomic mass is 32.2. The van der Waals surface area contributed by atoms with Crippen LogP contribution in [0.2, 0.25) is 0 Å². The highest BCUT2D eigenvalue weighted by Crippen LogP contribution is 2.41. The normalized spacial score (nSPS) is 23.9. The number of aliphatic imine (C=N–C) groups is 1. The lowest BCUT2D eigenvalue weighted by Crippen LogP contribution is -2.38. The van der Waals surface area contributed by atoms with Crippen molar-refractivity contribution in [3.05, 3.63) is 59.9 Å². The minimum atomic E-state index is -3.21. The van der Waals surface area contributed by atoms with Gasteiger partial charge in [-0.05, 0) is 18.2 Å². The Morgan fingerprint density at radius 2 is 1.93 bits per heavy atom. The van der Waals surface area contributed by atoms with Crippen LogP contribution in [0.1, 0.15) is 5.56 Å². The second-order valence-corrected chi connectivity index (χ2v) is 10.3. The first kappa shape index (κ1) is 19.9. The molecule has 2 aromatic carbocycles. The molecule has 2 atom stereocenters. The average Bonchev–Trinajstić information content (AvgIpc) is 3.13. The van der Waals surface area contributed by atoms with Gasteiger partial charge in [-0.1, -0.05) is 42.1 Å². The molecule has 0 bridgehead atoms. The molecule has 4 rings (SSSR count). The number of para-hydroxylation sites is 2. The average molecular weight is 435 g/mol. The number of nitrogens with zero attached hydrogens (tertiary/aromatic N) is 2. The predicted octanol–water partition coefficient (Wildman–Crippen LogP) is 2.68. The van der Waals surface area contributed by atoms with E-state index in [4.69, 9.17) is 4.74 Å². The van der Waals surface area contributed by atoms with Crippen LogP contribution < -0.4 is 9.64 Å². The number of amidine groups is 1. The van der Waals surface area contributed by atoms with Crippen LogP contribution in [-0.2, 0) is 21.1 Å². The van der Waals surface area contributed by atoms with Crippen molar-refractivity contribution in [1.82, 2.24) is 0 Å². The Morgan fingerprint density at radius 1 is 1.21 bits per heavy atom. The van der Waals surface area contributed by atoms with Gasteiger partial charge in [-0.2, -0.15) is 4.99 Å². The van der Waals surface area contributed by atoms with Crippen LogP contribution in [-0.4, -0.2) is 49.4 Å². The van der Waals surface area contributed by atoms with Crippen molar-refractivity contribution in [2.75, 3.05) is 23.5 Å². The van der Waals surface area contributed by atoms with Gasteiger partial charge in [0.15, 0.2) is 15.0 Å². The molecule has 9 heteroatoms. The Hall–Kier alpha value is -2.39. The summed E-state index contributed by atoms with van der Waals surface area (Å²) in [6.45, 7) is 0. The van der Waals surface area contributed by atoms with Crippen molar-refractivity contribution >= 4 is 38.4 Å². The molecule has 29 heavy (non-hydrogen) atoms. The lowest BCUT2D eigenvalue weighted by Gasteiger charge is -2.24. The van der Waals surface area contributed by atoms with Crippen molar-refractivity contribution in [1.29, 1.82) is 0 Å². The molecule has 1 amide bonds. The second-order valence-electron chi connectivity index (χ2n) is 6.90. The fourth-order valence-electron chi connectivity index (χ4n) is 3.65. The van der Waals surface area contributed by atoms with Crippen LogP contribution in [0.15, 0.2) is 53.5 Å². The van der Waals surface area contributed by atoms with Crippen molar-refractivity contribution in [2.45, 2.75) is 17.7 Å². The summed E-state index contributed by atoms with van der Waals surface area (Å²) >= 11 is 1.22. The molecule has 2 aliphatic heterocycles. The van der Waals surface area contributed by atoms with Gasteiger partial charge in [0.1, 0.15) is 11.6 Å². The van der Waals surface area contributed by atoms with Gasteiger partial charge in [-0.15, -0.1) is 0 Å². The third-order valence-electron chi connectivity index (χ3n) is 4.93. The van der Waals surface area contributed by atoms with Crippen LogP contribution in [0.5, 0.6) is 5.75 Å². The first-order valence-corrected chi connectivity index (χ1v) is 11.7. The summed E-state index contributed by atoms with van der Waals surface area (Å²) in [5, 5.41) is 0.0531. The molecule has 0 aromatic heterocycles. The lowest BCUT2D eigenvalue weighted by molar-refractivity contribution is -0.117. The smallest absolute Gasteiger partial charge is 0.252 e. The summed E-state index contributed by atoms with van der Waals surface area (Å²) < 4.78 is 43.9. The van der Waals surface area contributed by atoms with Crippen LogP contribution in [0.25, 0.3) is 0 Å². The molecule has 2 aliphatic rings. The molecule has 0 N–H and O–H groups in total. The standard InChI is InChI=1S/C20H19FN2O4S2/c1-27-17-9-5-2-6-13(17)10-19(24)22-20-23(15-8-4-3-7-14(15)21)16-11-29(25,26)12-18(16)28-20/h2-9,16,18H,10-12H2,1H3. The Morgan fingerprint density at radius 3 is 2.69 bits per heavy atom. The Bertz CT molecular complexity index is 1090. The number of halogens is 1. The number of sulfone groups is 1. The van der Waals surface area contributed by atoms with E-state index < -0.39 is 27.6 Å². The third kappa shape index (κ3) is 4.02. The fraction of sp³-hybridized carbons (Fsp3) is 0.300. The summed E-state index contributed by atoms with van der Waals surface area (Å²) in [5.74, 6) is -0.385. The van der Waals surface area contributed by atoms with Crippen LogP contribution in [0.4, 0.5) is 10.1 Å². The zero-order valence-corrected chi connectivity index (χ0v) is 17.2. The minimum absolute atomic E-state index is 0.00694. The van der Waals surface area contributed by atoms with Gasteiger partial charge < -0.3 is 9.64 Å². The van der Waals surface area contributed by atoms with Crippen molar-refractivity contribution in [3.8, 4) is 5.75 Å². The number of benzene rings is 2. The van der Waals surface area contributed by atoms with Gasteiger partial charge in [0.2, 0.25) is 0 Å². The van der Waals surface area contributed by atoms with Crippen LogP contribution in [0, 0.1) is 5.82 Å². The van der Waals surface area contributed by atoms with E-state index in [1.165, 1.54) is 24.9 Å². The van der Waals surface area contributed by atoms with Crippen LogP contribution in [0.3, 0.4) is 0 Å². The number of thioether (sulfide) groups is 1. The second kappa shape index (κ2) is 7.79. The highest BCUT2D eigenvalue weighted by Gasteiger charge is 2.49. The number of hydrogen-bond acceptors (Lipinski definition) is 5. The minimum Gasteiger partial charge on any atom is -0.496 e. The zero-order chi connectivity index (χ0) is 20.6. The van der Waals surface area contributed by atoms with Gasteiger partial charge >= 0.3 is 0 Å². The molecule has 0 saturated carbocycles. The first-order chi connectivity index (χ1) is 13.9. The van der Waals surface area contributed by atoms with E-state index in [1.807, 2.05) is 12.1 Å². The van der Waals surface area contributed by atoms with E-state index in [1.54, 1.807) is 35.2 Å². The number of hydrogen-bond donors (Lipinski definition) is 0. The maximum absolute atomic E-state index is 14.5. The van der Waals surface area contributed by atoms with Crippen molar-refractivity contribution in [2.24, 2.45) is 4.99 Å². The predicted molar refractivity (Wildman–Crippen MR) is 112 cm³/mol. The summed E-state index contributed by atoms with van der Waals surface area (Å²) in [5.41, 5.74) is 0.931. The Balaban J connectivity index is 1.66. The SMILES string of the molecule is COc1ccccc1CC(=O)N=C1SC2CS(=O)(=O)CC2N1c1ccccc1F.